The Balaban J connectivity index is 2.72. The molecule has 2 N–H and O–H groups in total. The summed E-state index contributed by atoms with van der Waals surface area (Å²) < 4.78 is 5.01. The lowest BCUT2D eigenvalue weighted by molar-refractivity contribution is 0.206. The normalized spacial score (nSPS) is 10.2. The fraction of sp³-hybridized carbons (Fsp3) is 0.500. The number of ether oxygens (including phenoxy) is 1. The molecule has 0 bridgehead atoms. The summed E-state index contributed by atoms with van der Waals surface area (Å²) in [6.45, 7) is 2.08. The number of nitrogens with zero attached hydrogens (tertiary/aromatic N) is 2. The van der Waals surface area contributed by atoms with E-state index < -0.39 is 0 Å². The number of hydrogen-bond donors (Lipinski definition) is 1. The number of hydrogen-bond acceptors (Lipinski definition) is 4. The standard InChI is InChI=1S/C10H17N3O/c1-13(5-6-14-2)10-8-12-4-3-9(10)7-11/h3-4,8H,5-7,11H2,1-2H3. The number of methoxy groups -OCH3 is 1. The van der Waals surface area contributed by atoms with Crippen molar-refractivity contribution in [2.75, 3.05) is 32.2 Å². The van der Waals surface area contributed by atoms with E-state index in [1.807, 2.05) is 19.3 Å². The number of likely N-dealkylation sites (N-methyl/N-ethyl adjacent to an activating group) is 1. The molecular weight excluding hydrogens is 178 g/mol. The summed E-state index contributed by atoms with van der Waals surface area (Å²) in [5, 5.41) is 0. The minimum absolute atomic E-state index is 0.537. The third kappa shape index (κ3) is 2.68. The van der Waals surface area contributed by atoms with Gasteiger partial charge in [0.1, 0.15) is 0 Å². The van der Waals surface area contributed by atoms with Gasteiger partial charge < -0.3 is 15.4 Å². The first-order valence-corrected chi connectivity index (χ1v) is 4.62. The van der Waals surface area contributed by atoms with Gasteiger partial charge in [-0.15, -0.1) is 0 Å². The second kappa shape index (κ2) is 5.57. The van der Waals surface area contributed by atoms with E-state index in [9.17, 15) is 0 Å². The number of pyridine rings is 1. The Morgan fingerprint density at radius 1 is 1.57 bits per heavy atom. The van der Waals surface area contributed by atoms with Crippen molar-refractivity contribution < 1.29 is 4.74 Å². The van der Waals surface area contributed by atoms with Crippen LogP contribution >= 0.6 is 0 Å². The molecule has 14 heavy (non-hydrogen) atoms. The van der Waals surface area contributed by atoms with Crippen LogP contribution in [0.4, 0.5) is 5.69 Å². The Kier molecular flexibility index (Phi) is 4.35. The van der Waals surface area contributed by atoms with E-state index in [1.165, 1.54) is 0 Å². The van der Waals surface area contributed by atoms with Gasteiger partial charge in [-0.1, -0.05) is 0 Å². The smallest absolute Gasteiger partial charge is 0.0637 e. The van der Waals surface area contributed by atoms with Crippen molar-refractivity contribution in [3.8, 4) is 0 Å². The lowest BCUT2D eigenvalue weighted by Gasteiger charge is -2.20. The van der Waals surface area contributed by atoms with Crippen molar-refractivity contribution in [2.45, 2.75) is 6.54 Å². The van der Waals surface area contributed by atoms with Crippen molar-refractivity contribution >= 4 is 5.69 Å². The van der Waals surface area contributed by atoms with Gasteiger partial charge in [0.25, 0.3) is 0 Å². The van der Waals surface area contributed by atoms with E-state index in [2.05, 4.69) is 9.88 Å². The summed E-state index contributed by atoms with van der Waals surface area (Å²) in [6.07, 6.45) is 3.59. The fourth-order valence-electron chi connectivity index (χ4n) is 1.28. The summed E-state index contributed by atoms with van der Waals surface area (Å²) in [6, 6.07) is 1.94. The summed E-state index contributed by atoms with van der Waals surface area (Å²) >= 11 is 0. The van der Waals surface area contributed by atoms with E-state index in [-0.39, 0.29) is 0 Å². The van der Waals surface area contributed by atoms with Crippen LogP contribution in [0.25, 0.3) is 0 Å². The second-order valence-electron chi connectivity index (χ2n) is 3.12. The van der Waals surface area contributed by atoms with E-state index in [4.69, 9.17) is 10.5 Å². The molecule has 0 fully saturated rings. The molecule has 0 aliphatic heterocycles. The zero-order valence-corrected chi connectivity index (χ0v) is 8.73. The lowest BCUT2D eigenvalue weighted by Crippen LogP contribution is -2.23. The highest BCUT2D eigenvalue weighted by Crippen LogP contribution is 2.16. The Labute approximate surface area is 84.7 Å². The van der Waals surface area contributed by atoms with Crippen LogP contribution in [-0.4, -0.2) is 32.3 Å². The van der Waals surface area contributed by atoms with Crippen molar-refractivity contribution in [2.24, 2.45) is 5.73 Å². The average molecular weight is 195 g/mol. The summed E-state index contributed by atoms with van der Waals surface area (Å²) in [4.78, 5) is 6.18. The van der Waals surface area contributed by atoms with Crippen LogP contribution in [0.5, 0.6) is 0 Å². The summed E-state index contributed by atoms with van der Waals surface area (Å²) in [7, 11) is 3.70. The van der Waals surface area contributed by atoms with Gasteiger partial charge >= 0.3 is 0 Å². The quantitative estimate of drug-likeness (QED) is 0.748. The van der Waals surface area contributed by atoms with Crippen LogP contribution < -0.4 is 10.6 Å². The predicted octanol–water partition coefficient (Wildman–Crippen LogP) is 0.623. The molecule has 0 atom stereocenters. The van der Waals surface area contributed by atoms with Crippen LogP contribution in [0, 0.1) is 0 Å². The number of nitrogens with two attached hydrogens (primary N) is 1. The molecule has 1 aromatic rings. The fourth-order valence-corrected chi connectivity index (χ4v) is 1.28. The molecule has 1 heterocycles. The first kappa shape index (κ1) is 10.9. The van der Waals surface area contributed by atoms with Crippen molar-refractivity contribution in [3.63, 3.8) is 0 Å². The van der Waals surface area contributed by atoms with Gasteiger partial charge in [0.05, 0.1) is 18.5 Å². The second-order valence-corrected chi connectivity index (χ2v) is 3.12. The molecule has 0 saturated heterocycles. The number of aromatic nitrogens is 1. The van der Waals surface area contributed by atoms with Crippen LogP contribution in [0.1, 0.15) is 5.56 Å². The van der Waals surface area contributed by atoms with Crippen molar-refractivity contribution in [1.82, 2.24) is 4.98 Å². The molecule has 1 aromatic heterocycles. The summed E-state index contributed by atoms with van der Waals surface area (Å²) in [5.41, 5.74) is 7.82. The predicted molar refractivity (Wildman–Crippen MR) is 57.3 cm³/mol. The van der Waals surface area contributed by atoms with Crippen LogP contribution in [0.2, 0.25) is 0 Å². The number of rotatable bonds is 5. The lowest BCUT2D eigenvalue weighted by atomic mass is 10.2. The van der Waals surface area contributed by atoms with Gasteiger partial charge in [0, 0.05) is 33.4 Å². The van der Waals surface area contributed by atoms with Gasteiger partial charge in [0.2, 0.25) is 0 Å². The maximum absolute atomic E-state index is 5.63. The largest absolute Gasteiger partial charge is 0.383 e. The monoisotopic (exact) mass is 195 g/mol. The highest BCUT2D eigenvalue weighted by molar-refractivity contribution is 5.50. The Morgan fingerprint density at radius 3 is 3.00 bits per heavy atom. The first-order chi connectivity index (χ1) is 6.79. The van der Waals surface area contributed by atoms with Gasteiger partial charge in [-0.2, -0.15) is 0 Å². The SMILES string of the molecule is COCCN(C)c1cnccc1CN. The van der Waals surface area contributed by atoms with Crippen LogP contribution in [-0.2, 0) is 11.3 Å². The van der Waals surface area contributed by atoms with Gasteiger partial charge in [-0.05, 0) is 11.6 Å². The molecule has 0 amide bonds. The molecule has 0 radical (unpaired) electrons. The van der Waals surface area contributed by atoms with Crippen LogP contribution in [0.15, 0.2) is 18.5 Å². The minimum atomic E-state index is 0.537. The Morgan fingerprint density at radius 2 is 2.36 bits per heavy atom. The van der Waals surface area contributed by atoms with Crippen molar-refractivity contribution in [3.05, 3.63) is 24.0 Å². The maximum Gasteiger partial charge on any atom is 0.0637 e. The zero-order chi connectivity index (χ0) is 10.4. The highest BCUT2D eigenvalue weighted by atomic mass is 16.5. The molecule has 0 spiro atoms. The maximum atomic E-state index is 5.63. The van der Waals surface area contributed by atoms with Crippen molar-refractivity contribution in [1.29, 1.82) is 0 Å². The molecule has 0 unspecified atom stereocenters. The molecule has 0 aliphatic carbocycles. The van der Waals surface area contributed by atoms with Crippen LogP contribution in [0.3, 0.4) is 0 Å². The zero-order valence-electron chi connectivity index (χ0n) is 8.73. The molecule has 0 aromatic carbocycles. The Bertz CT molecular complexity index is 278. The van der Waals surface area contributed by atoms with E-state index in [0.717, 1.165) is 17.8 Å². The third-order valence-corrected chi connectivity index (χ3v) is 2.15. The molecular formula is C10H17N3O. The summed E-state index contributed by atoms with van der Waals surface area (Å²) in [5.74, 6) is 0. The first-order valence-electron chi connectivity index (χ1n) is 4.62. The highest BCUT2D eigenvalue weighted by Gasteiger charge is 2.05. The van der Waals surface area contributed by atoms with Gasteiger partial charge in [-0.3, -0.25) is 4.98 Å². The molecule has 4 nitrogen and oxygen atoms in total. The van der Waals surface area contributed by atoms with E-state index in [0.29, 0.717) is 13.2 Å². The molecule has 1 rings (SSSR count). The third-order valence-electron chi connectivity index (χ3n) is 2.15. The average Bonchev–Trinajstić information content (AvgIpc) is 2.25. The van der Waals surface area contributed by atoms with E-state index >= 15 is 0 Å². The van der Waals surface area contributed by atoms with Gasteiger partial charge in [0.15, 0.2) is 0 Å². The number of anilines is 1. The molecule has 78 valence electrons. The molecule has 4 heteroatoms. The minimum Gasteiger partial charge on any atom is -0.383 e. The van der Waals surface area contributed by atoms with Gasteiger partial charge in [-0.25, -0.2) is 0 Å². The topological polar surface area (TPSA) is 51.4 Å². The molecule has 0 saturated carbocycles. The van der Waals surface area contributed by atoms with E-state index in [1.54, 1.807) is 13.3 Å². The molecule has 0 aliphatic rings. The Hall–Kier alpha value is -1.13.